The smallest absolute Gasteiger partial charge is 0.326 e. The van der Waals surface area contributed by atoms with Gasteiger partial charge in [-0.2, -0.15) is 0 Å². The quantitative estimate of drug-likeness (QED) is 0.282. The van der Waals surface area contributed by atoms with Crippen molar-refractivity contribution in [3.05, 3.63) is 35.9 Å². The van der Waals surface area contributed by atoms with Gasteiger partial charge in [-0.15, -0.1) is 0 Å². The van der Waals surface area contributed by atoms with Crippen molar-refractivity contribution in [2.24, 2.45) is 5.73 Å². The Hall–Kier alpha value is -3.02. The van der Waals surface area contributed by atoms with Crippen LogP contribution in [0.1, 0.15) is 24.8 Å². The van der Waals surface area contributed by atoms with E-state index in [1.165, 1.54) is 9.80 Å². The van der Waals surface area contributed by atoms with Gasteiger partial charge in [-0.05, 0) is 31.9 Å². The summed E-state index contributed by atoms with van der Waals surface area (Å²) in [6.07, 6.45) is -0.263. The molecule has 0 radical (unpaired) electrons. The first kappa shape index (κ1) is 25.6. The minimum absolute atomic E-state index is 0.0153. The van der Waals surface area contributed by atoms with Crippen LogP contribution in [0.15, 0.2) is 30.3 Å². The summed E-state index contributed by atoms with van der Waals surface area (Å²) >= 11 is 0. The van der Waals surface area contributed by atoms with Crippen LogP contribution in [0.2, 0.25) is 0 Å². The standard InChI is InChI=1S/C23H33N5O6/c1-25-11-20(30)27-12-15(24)9-17(27)22(32)28-13-16(10-18(28)23(33)34)26-21(31)19(29)8-7-14-5-3-2-4-6-14/h2-6,15-19,25,29H,7-13,24H2,1H3,(H,26,31)(H,33,34)/t15-,16-,17+,18+,19-/m1/s1. The Morgan fingerprint density at radius 2 is 1.79 bits per heavy atom. The molecule has 0 aromatic heterocycles. The maximum absolute atomic E-state index is 13.3. The third kappa shape index (κ3) is 6.10. The molecule has 2 saturated heterocycles. The Bertz CT molecular complexity index is 897. The number of hydrogen-bond donors (Lipinski definition) is 5. The summed E-state index contributed by atoms with van der Waals surface area (Å²) in [5.74, 6) is -2.57. The predicted octanol–water partition coefficient (Wildman–Crippen LogP) is -1.70. The number of nitrogens with two attached hydrogens (primary N) is 1. The maximum Gasteiger partial charge on any atom is 0.326 e. The number of aliphatic hydroxyl groups is 1. The summed E-state index contributed by atoms with van der Waals surface area (Å²) in [5.41, 5.74) is 6.98. The largest absolute Gasteiger partial charge is 0.480 e. The number of rotatable bonds is 9. The van der Waals surface area contributed by atoms with Crippen molar-refractivity contribution in [1.29, 1.82) is 0 Å². The van der Waals surface area contributed by atoms with Gasteiger partial charge in [-0.25, -0.2) is 4.79 Å². The summed E-state index contributed by atoms with van der Waals surface area (Å²) in [7, 11) is 1.62. The van der Waals surface area contributed by atoms with Crippen LogP contribution in [0, 0.1) is 0 Å². The summed E-state index contributed by atoms with van der Waals surface area (Å²) in [4.78, 5) is 52.7. The maximum atomic E-state index is 13.3. The molecule has 2 fully saturated rings. The summed E-state index contributed by atoms with van der Waals surface area (Å²) in [6, 6.07) is 6.46. The van der Waals surface area contributed by atoms with Gasteiger partial charge in [-0.3, -0.25) is 14.4 Å². The van der Waals surface area contributed by atoms with E-state index in [1.807, 2.05) is 30.3 Å². The molecule has 2 heterocycles. The zero-order valence-electron chi connectivity index (χ0n) is 19.2. The van der Waals surface area contributed by atoms with E-state index in [0.717, 1.165) is 5.56 Å². The number of nitrogens with zero attached hydrogens (tertiary/aromatic N) is 2. The molecule has 34 heavy (non-hydrogen) atoms. The Morgan fingerprint density at radius 1 is 1.09 bits per heavy atom. The van der Waals surface area contributed by atoms with Crippen LogP contribution in [0.4, 0.5) is 0 Å². The fraction of sp³-hybridized carbons (Fsp3) is 0.565. The molecule has 0 saturated carbocycles. The van der Waals surface area contributed by atoms with E-state index in [4.69, 9.17) is 5.73 Å². The third-order valence-corrected chi connectivity index (χ3v) is 6.33. The second-order valence-electron chi connectivity index (χ2n) is 8.91. The third-order valence-electron chi connectivity index (χ3n) is 6.33. The summed E-state index contributed by atoms with van der Waals surface area (Å²) in [5, 5.41) is 25.4. The van der Waals surface area contributed by atoms with Gasteiger partial charge in [0.1, 0.15) is 18.2 Å². The SMILES string of the molecule is CNCC(=O)N1C[C@H](N)C[C@H]1C(=O)N1C[C@H](NC(=O)[C@H](O)CCc2ccccc2)C[C@H]1C(=O)O. The molecule has 2 aliphatic rings. The number of benzene rings is 1. The molecule has 11 nitrogen and oxygen atoms in total. The number of aryl methyl sites for hydroxylation is 1. The number of amides is 3. The number of carbonyl (C=O) groups is 4. The van der Waals surface area contributed by atoms with Crippen LogP contribution in [0.3, 0.4) is 0 Å². The monoisotopic (exact) mass is 475 g/mol. The Morgan fingerprint density at radius 3 is 2.44 bits per heavy atom. The number of likely N-dealkylation sites (tertiary alicyclic amines) is 2. The van der Waals surface area contributed by atoms with Crippen LogP contribution in [0.5, 0.6) is 0 Å². The van der Waals surface area contributed by atoms with Crippen molar-refractivity contribution < 1.29 is 29.4 Å². The van der Waals surface area contributed by atoms with E-state index >= 15 is 0 Å². The molecule has 0 unspecified atom stereocenters. The first-order valence-electron chi connectivity index (χ1n) is 11.5. The van der Waals surface area contributed by atoms with Crippen molar-refractivity contribution in [2.45, 2.75) is 56.0 Å². The topological polar surface area (TPSA) is 165 Å². The van der Waals surface area contributed by atoms with Crippen molar-refractivity contribution >= 4 is 23.7 Å². The predicted molar refractivity (Wildman–Crippen MR) is 122 cm³/mol. The molecule has 0 spiro atoms. The lowest BCUT2D eigenvalue weighted by molar-refractivity contribution is -0.151. The van der Waals surface area contributed by atoms with Crippen LogP contribution in [-0.2, 0) is 25.6 Å². The molecule has 186 valence electrons. The van der Waals surface area contributed by atoms with Crippen LogP contribution in [0.25, 0.3) is 0 Å². The Balaban J connectivity index is 1.62. The van der Waals surface area contributed by atoms with Gasteiger partial charge in [-0.1, -0.05) is 30.3 Å². The van der Waals surface area contributed by atoms with Gasteiger partial charge in [0, 0.05) is 31.6 Å². The van der Waals surface area contributed by atoms with E-state index in [0.29, 0.717) is 6.42 Å². The second-order valence-corrected chi connectivity index (χ2v) is 8.91. The first-order valence-corrected chi connectivity index (χ1v) is 11.5. The molecule has 1 aromatic carbocycles. The lowest BCUT2D eigenvalue weighted by Gasteiger charge is -2.30. The minimum atomic E-state index is -1.25. The Labute approximate surface area is 198 Å². The second kappa shape index (κ2) is 11.4. The zero-order valence-corrected chi connectivity index (χ0v) is 19.2. The van der Waals surface area contributed by atoms with Crippen molar-refractivity contribution in [1.82, 2.24) is 20.4 Å². The van der Waals surface area contributed by atoms with Gasteiger partial charge in [0.2, 0.25) is 17.7 Å². The van der Waals surface area contributed by atoms with Gasteiger partial charge in [0.15, 0.2) is 0 Å². The van der Waals surface area contributed by atoms with E-state index < -0.39 is 42.0 Å². The van der Waals surface area contributed by atoms with E-state index in [1.54, 1.807) is 7.05 Å². The van der Waals surface area contributed by atoms with Gasteiger partial charge >= 0.3 is 5.97 Å². The molecule has 0 bridgehead atoms. The van der Waals surface area contributed by atoms with Crippen molar-refractivity contribution in [3.63, 3.8) is 0 Å². The first-order chi connectivity index (χ1) is 16.2. The number of likely N-dealkylation sites (N-methyl/N-ethyl adjacent to an activating group) is 1. The van der Waals surface area contributed by atoms with Crippen molar-refractivity contribution in [2.75, 3.05) is 26.7 Å². The molecular formula is C23H33N5O6. The fourth-order valence-corrected chi connectivity index (χ4v) is 4.62. The molecule has 3 rings (SSSR count). The molecule has 0 aliphatic carbocycles. The minimum Gasteiger partial charge on any atom is -0.480 e. The molecule has 11 heteroatoms. The Kier molecular flexibility index (Phi) is 8.59. The number of hydrogen-bond acceptors (Lipinski definition) is 7. The number of aliphatic carboxylic acids is 1. The number of aliphatic hydroxyl groups excluding tert-OH is 1. The van der Waals surface area contributed by atoms with Crippen LogP contribution < -0.4 is 16.4 Å². The molecule has 2 aliphatic heterocycles. The average Bonchev–Trinajstić information content (AvgIpc) is 3.41. The lowest BCUT2D eigenvalue weighted by atomic mass is 10.1. The molecule has 3 amide bonds. The number of carbonyl (C=O) groups excluding carboxylic acids is 3. The molecule has 1 aromatic rings. The fourth-order valence-electron chi connectivity index (χ4n) is 4.62. The highest BCUT2D eigenvalue weighted by Gasteiger charge is 2.46. The number of carboxylic acid groups (broad SMARTS) is 1. The van der Waals surface area contributed by atoms with Crippen LogP contribution >= 0.6 is 0 Å². The van der Waals surface area contributed by atoms with Crippen molar-refractivity contribution in [3.8, 4) is 0 Å². The summed E-state index contributed by atoms with van der Waals surface area (Å²) < 4.78 is 0. The van der Waals surface area contributed by atoms with Gasteiger partial charge in [0.05, 0.1) is 6.54 Å². The normalized spacial score (nSPS) is 25.3. The van der Waals surface area contributed by atoms with E-state index in [2.05, 4.69) is 10.6 Å². The molecular weight excluding hydrogens is 442 g/mol. The lowest BCUT2D eigenvalue weighted by Crippen LogP contribution is -2.52. The highest BCUT2D eigenvalue weighted by atomic mass is 16.4. The molecule has 6 N–H and O–H groups in total. The highest BCUT2D eigenvalue weighted by Crippen LogP contribution is 2.25. The molecule has 5 atom stereocenters. The van der Waals surface area contributed by atoms with Gasteiger partial charge in [0.25, 0.3) is 0 Å². The average molecular weight is 476 g/mol. The summed E-state index contributed by atoms with van der Waals surface area (Å²) in [6.45, 7) is 0.238. The van der Waals surface area contributed by atoms with Crippen LogP contribution in [-0.4, -0.2) is 101 Å². The number of carboxylic acids is 1. The van der Waals surface area contributed by atoms with E-state index in [9.17, 15) is 29.4 Å². The number of nitrogens with one attached hydrogen (secondary N) is 2. The zero-order chi connectivity index (χ0) is 24.8. The van der Waals surface area contributed by atoms with E-state index in [-0.39, 0.29) is 50.8 Å². The van der Waals surface area contributed by atoms with Gasteiger partial charge < -0.3 is 36.4 Å². The highest BCUT2D eigenvalue weighted by molar-refractivity contribution is 5.92.